The molecule has 1 fully saturated rings. The fourth-order valence-electron chi connectivity index (χ4n) is 2.89. The number of amides is 1. The van der Waals surface area contributed by atoms with Crippen molar-refractivity contribution in [2.75, 3.05) is 19.7 Å². The minimum absolute atomic E-state index is 0.0599. The average Bonchev–Trinajstić information content (AvgIpc) is 2.95. The van der Waals surface area contributed by atoms with Crippen LogP contribution in [0.25, 0.3) is 10.6 Å². The van der Waals surface area contributed by atoms with Crippen LogP contribution in [0.4, 0.5) is 0 Å². The summed E-state index contributed by atoms with van der Waals surface area (Å²) in [5.74, 6) is -1.23. The van der Waals surface area contributed by atoms with Gasteiger partial charge in [0.05, 0.1) is 18.8 Å². The quantitative estimate of drug-likeness (QED) is 0.910. The number of ether oxygens (including phenoxy) is 1. The predicted octanol–water partition coefficient (Wildman–Crippen LogP) is 2.66. The number of aryl methyl sites for hydroxylation is 3. The summed E-state index contributed by atoms with van der Waals surface area (Å²) in [7, 11) is 0. The second-order valence-electron chi connectivity index (χ2n) is 6.20. The molecule has 3 rings (SSSR count). The van der Waals surface area contributed by atoms with Crippen LogP contribution in [-0.2, 0) is 9.53 Å². The van der Waals surface area contributed by atoms with Crippen LogP contribution in [0.5, 0.6) is 0 Å². The highest BCUT2D eigenvalue weighted by molar-refractivity contribution is 7.17. The summed E-state index contributed by atoms with van der Waals surface area (Å²) in [4.78, 5) is 30.6. The highest BCUT2D eigenvalue weighted by atomic mass is 32.1. The van der Waals surface area contributed by atoms with Gasteiger partial charge in [-0.3, -0.25) is 4.79 Å². The van der Waals surface area contributed by atoms with Crippen LogP contribution >= 0.6 is 11.3 Å². The molecule has 132 valence electrons. The molecule has 2 aromatic rings. The van der Waals surface area contributed by atoms with Crippen LogP contribution in [0.3, 0.4) is 0 Å². The molecule has 1 aliphatic rings. The molecule has 0 saturated carbocycles. The van der Waals surface area contributed by atoms with E-state index in [2.05, 4.69) is 11.1 Å². The van der Waals surface area contributed by atoms with E-state index >= 15 is 0 Å². The standard InChI is InChI=1S/C18H20N2O4S/c1-10-4-5-13(11(2)8-10)16-19-12(3)15(25-16)17(21)20-6-7-24-14(9-20)18(22)23/h4-5,8,14H,6-7,9H2,1-3H3,(H,22,23)/t14-/m0/s1. The molecule has 1 aromatic carbocycles. The minimum atomic E-state index is -1.05. The van der Waals surface area contributed by atoms with Crippen LogP contribution in [0, 0.1) is 20.8 Å². The molecule has 25 heavy (non-hydrogen) atoms. The van der Waals surface area contributed by atoms with E-state index < -0.39 is 12.1 Å². The van der Waals surface area contributed by atoms with E-state index in [1.807, 2.05) is 32.9 Å². The number of aromatic nitrogens is 1. The molecule has 1 amide bonds. The third-order valence-corrected chi connectivity index (χ3v) is 5.41. The van der Waals surface area contributed by atoms with Crippen LogP contribution in [-0.4, -0.2) is 52.7 Å². The maximum absolute atomic E-state index is 12.8. The van der Waals surface area contributed by atoms with Crippen LogP contribution < -0.4 is 0 Å². The number of carbonyl (C=O) groups is 2. The van der Waals surface area contributed by atoms with E-state index in [1.165, 1.54) is 21.8 Å². The summed E-state index contributed by atoms with van der Waals surface area (Å²) in [6, 6.07) is 6.14. The Morgan fingerprint density at radius 1 is 1.32 bits per heavy atom. The summed E-state index contributed by atoms with van der Waals surface area (Å²) in [6.07, 6.45) is -0.968. The molecule has 0 bridgehead atoms. The summed E-state index contributed by atoms with van der Waals surface area (Å²) in [5, 5.41) is 9.90. The van der Waals surface area contributed by atoms with Crippen molar-refractivity contribution in [1.82, 2.24) is 9.88 Å². The van der Waals surface area contributed by atoms with Gasteiger partial charge in [-0.15, -0.1) is 11.3 Å². The van der Waals surface area contributed by atoms with Gasteiger partial charge in [0.1, 0.15) is 9.88 Å². The van der Waals surface area contributed by atoms with E-state index in [1.54, 1.807) is 0 Å². The average molecular weight is 360 g/mol. The van der Waals surface area contributed by atoms with Gasteiger partial charge in [-0.1, -0.05) is 23.8 Å². The molecule has 1 aliphatic heterocycles. The first-order chi connectivity index (χ1) is 11.9. The zero-order chi connectivity index (χ0) is 18.1. The zero-order valence-electron chi connectivity index (χ0n) is 14.4. The highest BCUT2D eigenvalue weighted by Gasteiger charge is 2.31. The second kappa shape index (κ2) is 6.93. The first-order valence-electron chi connectivity index (χ1n) is 8.05. The van der Waals surface area contributed by atoms with Crippen LogP contribution in [0.15, 0.2) is 18.2 Å². The number of thiazole rings is 1. The molecule has 1 saturated heterocycles. The number of aliphatic carboxylic acids is 1. The van der Waals surface area contributed by atoms with E-state index in [4.69, 9.17) is 9.84 Å². The van der Waals surface area contributed by atoms with Gasteiger partial charge in [-0.2, -0.15) is 0 Å². The number of carbonyl (C=O) groups excluding carboxylic acids is 1. The lowest BCUT2D eigenvalue weighted by atomic mass is 10.1. The molecule has 0 aliphatic carbocycles. The first kappa shape index (κ1) is 17.6. The topological polar surface area (TPSA) is 79.7 Å². The fourth-order valence-corrected chi connectivity index (χ4v) is 4.02. The highest BCUT2D eigenvalue weighted by Crippen LogP contribution is 2.31. The van der Waals surface area contributed by atoms with Crippen molar-refractivity contribution in [2.24, 2.45) is 0 Å². The molecule has 1 N–H and O–H groups in total. The Morgan fingerprint density at radius 3 is 2.76 bits per heavy atom. The number of hydrogen-bond acceptors (Lipinski definition) is 5. The third kappa shape index (κ3) is 3.57. The molecule has 0 radical (unpaired) electrons. The monoisotopic (exact) mass is 360 g/mol. The molecule has 7 heteroatoms. The van der Waals surface area contributed by atoms with Gasteiger partial charge in [-0.05, 0) is 26.3 Å². The lowest BCUT2D eigenvalue weighted by molar-refractivity contribution is -0.154. The Hall–Kier alpha value is -2.25. The van der Waals surface area contributed by atoms with Gasteiger partial charge in [-0.25, -0.2) is 9.78 Å². The number of rotatable bonds is 3. The van der Waals surface area contributed by atoms with Crippen LogP contribution in [0.1, 0.15) is 26.5 Å². The number of carboxylic acids is 1. The van der Waals surface area contributed by atoms with Crippen molar-refractivity contribution in [1.29, 1.82) is 0 Å². The lowest BCUT2D eigenvalue weighted by Crippen LogP contribution is -2.48. The normalized spacial score (nSPS) is 17.6. The van der Waals surface area contributed by atoms with Crippen molar-refractivity contribution in [2.45, 2.75) is 26.9 Å². The van der Waals surface area contributed by atoms with E-state index in [0.29, 0.717) is 17.1 Å². The van der Waals surface area contributed by atoms with Crippen molar-refractivity contribution in [3.63, 3.8) is 0 Å². The van der Waals surface area contributed by atoms with Gasteiger partial charge >= 0.3 is 5.97 Å². The molecular formula is C18H20N2O4S. The number of morpholine rings is 1. The summed E-state index contributed by atoms with van der Waals surface area (Å²) < 4.78 is 5.18. The second-order valence-corrected chi connectivity index (χ2v) is 7.20. The predicted molar refractivity (Wildman–Crippen MR) is 95.0 cm³/mol. The molecular weight excluding hydrogens is 340 g/mol. The van der Waals surface area contributed by atoms with Gasteiger partial charge < -0.3 is 14.7 Å². The fraction of sp³-hybridized carbons (Fsp3) is 0.389. The smallest absolute Gasteiger partial charge is 0.334 e. The number of carboxylic acid groups (broad SMARTS) is 1. The maximum atomic E-state index is 12.8. The van der Waals surface area contributed by atoms with Gasteiger partial charge in [0.15, 0.2) is 6.10 Å². The largest absolute Gasteiger partial charge is 0.479 e. The lowest BCUT2D eigenvalue weighted by Gasteiger charge is -2.30. The molecule has 0 spiro atoms. The van der Waals surface area contributed by atoms with E-state index in [-0.39, 0.29) is 19.1 Å². The van der Waals surface area contributed by atoms with Crippen molar-refractivity contribution >= 4 is 23.2 Å². The van der Waals surface area contributed by atoms with Crippen LogP contribution in [0.2, 0.25) is 0 Å². The molecule has 1 aromatic heterocycles. The third-order valence-electron chi connectivity index (χ3n) is 4.23. The van der Waals surface area contributed by atoms with Gasteiger partial charge in [0.2, 0.25) is 0 Å². The summed E-state index contributed by atoms with van der Waals surface area (Å²) in [6.45, 7) is 6.55. The summed E-state index contributed by atoms with van der Waals surface area (Å²) >= 11 is 1.35. The first-order valence-corrected chi connectivity index (χ1v) is 8.87. The Bertz CT molecular complexity index is 830. The number of hydrogen-bond donors (Lipinski definition) is 1. The van der Waals surface area contributed by atoms with Gasteiger partial charge in [0.25, 0.3) is 5.91 Å². The van der Waals surface area contributed by atoms with Crippen molar-refractivity contribution in [3.05, 3.63) is 39.9 Å². The zero-order valence-corrected chi connectivity index (χ0v) is 15.2. The molecule has 1 atom stereocenters. The SMILES string of the molecule is Cc1ccc(-c2nc(C)c(C(=O)N3CCO[C@H](C(=O)O)C3)s2)c(C)c1. The van der Waals surface area contributed by atoms with Gasteiger partial charge in [0, 0.05) is 12.1 Å². The van der Waals surface area contributed by atoms with Crippen molar-refractivity contribution in [3.8, 4) is 10.6 Å². The maximum Gasteiger partial charge on any atom is 0.334 e. The Kier molecular flexibility index (Phi) is 4.87. The van der Waals surface area contributed by atoms with E-state index in [0.717, 1.165) is 16.1 Å². The molecule has 6 nitrogen and oxygen atoms in total. The number of benzene rings is 1. The Balaban J connectivity index is 1.87. The Labute approximate surface area is 150 Å². The van der Waals surface area contributed by atoms with Crippen molar-refractivity contribution < 1.29 is 19.4 Å². The molecule has 2 heterocycles. The van der Waals surface area contributed by atoms with E-state index in [9.17, 15) is 9.59 Å². The summed E-state index contributed by atoms with van der Waals surface area (Å²) in [5.41, 5.74) is 3.98. The molecule has 0 unspecified atom stereocenters. The minimum Gasteiger partial charge on any atom is -0.479 e. The Morgan fingerprint density at radius 2 is 2.08 bits per heavy atom. The number of nitrogens with zero attached hydrogens (tertiary/aromatic N) is 2.